The molecular formula is C14H11F2N5OS. The van der Waals surface area contributed by atoms with E-state index in [0.29, 0.717) is 22.9 Å². The summed E-state index contributed by atoms with van der Waals surface area (Å²) < 4.78 is 24.9. The van der Waals surface area contributed by atoms with E-state index in [1.807, 2.05) is 30.3 Å². The van der Waals surface area contributed by atoms with Gasteiger partial charge in [-0.1, -0.05) is 41.7 Å². The van der Waals surface area contributed by atoms with E-state index < -0.39 is 17.3 Å². The SMILES string of the molecule is Cc1[nH]c(-c2ccccc2)nc1C(=O)Nc1nnc(C(F)F)s1. The molecule has 0 fully saturated rings. The normalized spacial score (nSPS) is 11.0. The zero-order valence-electron chi connectivity index (χ0n) is 11.9. The van der Waals surface area contributed by atoms with Gasteiger partial charge in [0.25, 0.3) is 12.3 Å². The molecule has 3 aromatic rings. The molecule has 1 aromatic carbocycles. The number of nitrogens with zero attached hydrogens (tertiary/aromatic N) is 3. The van der Waals surface area contributed by atoms with Crippen molar-refractivity contribution in [3.05, 3.63) is 46.7 Å². The summed E-state index contributed by atoms with van der Waals surface area (Å²) in [5.74, 6) is 0.0247. The van der Waals surface area contributed by atoms with Crippen LogP contribution in [0.2, 0.25) is 0 Å². The molecule has 118 valence electrons. The van der Waals surface area contributed by atoms with Crippen molar-refractivity contribution in [2.24, 2.45) is 0 Å². The minimum absolute atomic E-state index is 0.00830. The molecule has 0 atom stereocenters. The van der Waals surface area contributed by atoms with Gasteiger partial charge in [-0.2, -0.15) is 0 Å². The fourth-order valence-electron chi connectivity index (χ4n) is 1.94. The lowest BCUT2D eigenvalue weighted by Crippen LogP contribution is -2.13. The van der Waals surface area contributed by atoms with Crippen molar-refractivity contribution in [3.63, 3.8) is 0 Å². The molecular weight excluding hydrogens is 324 g/mol. The molecule has 2 heterocycles. The minimum atomic E-state index is -2.71. The number of H-pyrrole nitrogens is 1. The molecule has 2 N–H and O–H groups in total. The maximum atomic E-state index is 12.5. The van der Waals surface area contributed by atoms with Gasteiger partial charge in [0.15, 0.2) is 5.01 Å². The molecule has 3 rings (SSSR count). The van der Waals surface area contributed by atoms with Crippen LogP contribution in [0.3, 0.4) is 0 Å². The molecule has 0 bridgehead atoms. The number of anilines is 1. The molecule has 0 aliphatic carbocycles. The quantitative estimate of drug-likeness (QED) is 0.765. The number of rotatable bonds is 4. The zero-order valence-corrected chi connectivity index (χ0v) is 12.7. The molecule has 0 saturated heterocycles. The molecule has 0 spiro atoms. The number of benzene rings is 1. The van der Waals surface area contributed by atoms with Crippen LogP contribution >= 0.6 is 11.3 Å². The minimum Gasteiger partial charge on any atom is -0.341 e. The Morgan fingerprint density at radius 1 is 1.26 bits per heavy atom. The molecule has 6 nitrogen and oxygen atoms in total. The van der Waals surface area contributed by atoms with Gasteiger partial charge in [-0.3, -0.25) is 10.1 Å². The number of hydrogen-bond donors (Lipinski definition) is 2. The van der Waals surface area contributed by atoms with Gasteiger partial charge in [0, 0.05) is 11.3 Å². The van der Waals surface area contributed by atoms with Crippen molar-refractivity contribution in [1.82, 2.24) is 20.2 Å². The first-order chi connectivity index (χ1) is 11.0. The Balaban J connectivity index is 1.81. The molecule has 0 radical (unpaired) electrons. The molecule has 0 unspecified atom stereocenters. The highest BCUT2D eigenvalue weighted by molar-refractivity contribution is 7.15. The predicted molar refractivity (Wildman–Crippen MR) is 81.6 cm³/mol. The van der Waals surface area contributed by atoms with Crippen LogP contribution in [0.5, 0.6) is 0 Å². The predicted octanol–water partition coefficient (Wildman–Crippen LogP) is 3.43. The Kier molecular flexibility index (Phi) is 4.11. The molecule has 23 heavy (non-hydrogen) atoms. The third kappa shape index (κ3) is 3.24. The second kappa shape index (κ2) is 6.21. The van der Waals surface area contributed by atoms with Crippen LogP contribution in [0, 0.1) is 6.92 Å². The summed E-state index contributed by atoms with van der Waals surface area (Å²) in [6.45, 7) is 1.71. The van der Waals surface area contributed by atoms with Crippen LogP contribution in [-0.2, 0) is 0 Å². The zero-order chi connectivity index (χ0) is 16.4. The fraction of sp³-hybridized carbons (Fsp3) is 0.143. The number of amides is 1. The molecule has 9 heteroatoms. The van der Waals surface area contributed by atoms with Crippen molar-refractivity contribution >= 4 is 22.4 Å². The van der Waals surface area contributed by atoms with Crippen molar-refractivity contribution < 1.29 is 13.6 Å². The fourth-order valence-corrected chi connectivity index (χ4v) is 2.54. The number of carbonyl (C=O) groups excluding carboxylic acids is 1. The monoisotopic (exact) mass is 335 g/mol. The van der Waals surface area contributed by atoms with Crippen LogP contribution in [-0.4, -0.2) is 26.1 Å². The molecule has 0 aliphatic rings. The summed E-state index contributed by atoms with van der Waals surface area (Å²) in [4.78, 5) is 19.5. The Hall–Kier alpha value is -2.68. The summed E-state index contributed by atoms with van der Waals surface area (Å²) in [6.07, 6.45) is -2.71. The highest BCUT2D eigenvalue weighted by Gasteiger charge is 2.19. The van der Waals surface area contributed by atoms with E-state index in [2.05, 4.69) is 25.5 Å². The third-order valence-electron chi connectivity index (χ3n) is 2.99. The van der Waals surface area contributed by atoms with E-state index in [9.17, 15) is 13.6 Å². The average molecular weight is 335 g/mol. The summed E-state index contributed by atoms with van der Waals surface area (Å²) >= 11 is 0.631. The topological polar surface area (TPSA) is 83.6 Å². The van der Waals surface area contributed by atoms with Gasteiger partial charge in [-0.05, 0) is 6.92 Å². The number of nitrogens with one attached hydrogen (secondary N) is 2. The third-order valence-corrected chi connectivity index (χ3v) is 3.84. The maximum Gasteiger partial charge on any atom is 0.291 e. The lowest BCUT2D eigenvalue weighted by atomic mass is 10.2. The van der Waals surface area contributed by atoms with Crippen LogP contribution in [0.15, 0.2) is 30.3 Å². The van der Waals surface area contributed by atoms with Gasteiger partial charge in [-0.25, -0.2) is 13.8 Å². The van der Waals surface area contributed by atoms with E-state index in [0.717, 1.165) is 5.56 Å². The Morgan fingerprint density at radius 3 is 2.65 bits per heavy atom. The number of aryl methyl sites for hydroxylation is 1. The van der Waals surface area contributed by atoms with Gasteiger partial charge >= 0.3 is 0 Å². The van der Waals surface area contributed by atoms with Crippen LogP contribution in [0.1, 0.15) is 27.6 Å². The van der Waals surface area contributed by atoms with Gasteiger partial charge in [-0.15, -0.1) is 10.2 Å². The van der Waals surface area contributed by atoms with Gasteiger partial charge in [0.2, 0.25) is 5.13 Å². The Labute approximate surface area is 133 Å². The average Bonchev–Trinajstić information content (AvgIpc) is 3.15. The van der Waals surface area contributed by atoms with E-state index in [1.165, 1.54) is 0 Å². The number of imidazole rings is 1. The van der Waals surface area contributed by atoms with Crippen molar-refractivity contribution in [3.8, 4) is 11.4 Å². The van der Waals surface area contributed by atoms with E-state index >= 15 is 0 Å². The molecule has 0 aliphatic heterocycles. The number of alkyl halides is 2. The highest BCUT2D eigenvalue weighted by atomic mass is 32.1. The summed E-state index contributed by atoms with van der Waals surface area (Å²) in [5, 5.41) is 8.83. The van der Waals surface area contributed by atoms with Crippen LogP contribution < -0.4 is 5.32 Å². The summed E-state index contributed by atoms with van der Waals surface area (Å²) in [5.41, 5.74) is 1.59. The van der Waals surface area contributed by atoms with E-state index in [4.69, 9.17) is 0 Å². The highest BCUT2D eigenvalue weighted by Crippen LogP contribution is 2.25. The van der Waals surface area contributed by atoms with Crippen molar-refractivity contribution in [2.75, 3.05) is 5.32 Å². The van der Waals surface area contributed by atoms with E-state index in [-0.39, 0.29) is 10.8 Å². The lowest BCUT2D eigenvalue weighted by molar-refractivity contribution is 0.102. The van der Waals surface area contributed by atoms with Crippen LogP contribution in [0.4, 0.5) is 13.9 Å². The largest absolute Gasteiger partial charge is 0.341 e. The Morgan fingerprint density at radius 2 is 2.00 bits per heavy atom. The number of aromatic nitrogens is 4. The van der Waals surface area contributed by atoms with Gasteiger partial charge in [0.05, 0.1) is 0 Å². The Bertz CT molecular complexity index is 831. The molecule has 0 saturated carbocycles. The second-order valence-corrected chi connectivity index (χ2v) is 5.63. The first kappa shape index (κ1) is 15.2. The molecule has 2 aromatic heterocycles. The number of hydrogen-bond acceptors (Lipinski definition) is 5. The molecule has 1 amide bonds. The first-order valence-electron chi connectivity index (χ1n) is 6.59. The smallest absolute Gasteiger partial charge is 0.291 e. The maximum absolute atomic E-state index is 12.5. The first-order valence-corrected chi connectivity index (χ1v) is 7.41. The summed E-state index contributed by atoms with van der Waals surface area (Å²) in [7, 11) is 0. The standard InChI is InChI=1S/C14H11F2N5OS/c1-7-9(18-11(17-7)8-5-3-2-4-6-8)12(22)19-14-21-20-13(23-14)10(15)16/h2-6,10H,1H3,(H,17,18)(H,19,21,22). The van der Waals surface area contributed by atoms with Crippen molar-refractivity contribution in [1.29, 1.82) is 0 Å². The van der Waals surface area contributed by atoms with Crippen molar-refractivity contribution in [2.45, 2.75) is 13.3 Å². The summed E-state index contributed by atoms with van der Waals surface area (Å²) in [6, 6.07) is 9.32. The van der Waals surface area contributed by atoms with Gasteiger partial charge < -0.3 is 4.98 Å². The van der Waals surface area contributed by atoms with E-state index in [1.54, 1.807) is 6.92 Å². The van der Waals surface area contributed by atoms with Crippen LogP contribution in [0.25, 0.3) is 11.4 Å². The lowest BCUT2D eigenvalue weighted by Gasteiger charge is -1.98. The number of halogens is 2. The van der Waals surface area contributed by atoms with Gasteiger partial charge in [0.1, 0.15) is 11.5 Å². The second-order valence-electron chi connectivity index (χ2n) is 4.63. The number of aromatic amines is 1. The number of carbonyl (C=O) groups is 1.